The fourth-order valence-electron chi connectivity index (χ4n) is 3.34. The number of hydrogen-bond donors (Lipinski definition) is 0. The van der Waals surface area contributed by atoms with Gasteiger partial charge in [0.2, 0.25) is 6.79 Å². The first-order valence-corrected chi connectivity index (χ1v) is 8.56. The highest BCUT2D eigenvalue weighted by atomic mass is 16.7. The summed E-state index contributed by atoms with van der Waals surface area (Å²) in [4.78, 5) is 17.0. The monoisotopic (exact) mass is 334 g/mol. The Bertz CT molecular complexity index is 590. The van der Waals surface area contributed by atoms with Crippen LogP contribution in [0.2, 0.25) is 0 Å². The molecule has 1 fully saturated rings. The number of piperidine rings is 1. The molecule has 1 aromatic rings. The van der Waals surface area contributed by atoms with Crippen LogP contribution in [-0.4, -0.2) is 61.8 Å². The number of hydrogen-bond acceptors (Lipinski definition) is 5. The molecular formula is C18H26N2O4. The quantitative estimate of drug-likeness (QED) is 0.826. The van der Waals surface area contributed by atoms with Crippen molar-refractivity contribution in [3.8, 4) is 17.2 Å². The van der Waals surface area contributed by atoms with Gasteiger partial charge in [-0.25, -0.2) is 0 Å². The Kier molecular flexibility index (Phi) is 5.14. The SMILES string of the molecule is C[C@@H](Oc1ccc2c(c1)OCO2)C(=O)N1CCCC[C@@H]1CN(C)C. The van der Waals surface area contributed by atoms with Crippen LogP contribution in [0.3, 0.4) is 0 Å². The molecule has 0 saturated carbocycles. The van der Waals surface area contributed by atoms with E-state index in [1.54, 1.807) is 6.07 Å². The minimum absolute atomic E-state index is 0.0548. The molecule has 2 aliphatic rings. The van der Waals surface area contributed by atoms with E-state index in [-0.39, 0.29) is 18.7 Å². The molecule has 0 spiro atoms. The summed E-state index contributed by atoms with van der Waals surface area (Å²) in [5.74, 6) is 2.06. The molecule has 0 aromatic heterocycles. The zero-order valence-corrected chi connectivity index (χ0v) is 14.7. The van der Waals surface area contributed by atoms with Crippen LogP contribution < -0.4 is 14.2 Å². The minimum atomic E-state index is -0.520. The van der Waals surface area contributed by atoms with Crippen molar-refractivity contribution in [2.24, 2.45) is 0 Å². The molecule has 0 N–H and O–H groups in total. The maximum atomic E-state index is 12.9. The van der Waals surface area contributed by atoms with E-state index in [2.05, 4.69) is 4.90 Å². The lowest BCUT2D eigenvalue weighted by Crippen LogP contribution is -2.52. The van der Waals surface area contributed by atoms with E-state index in [1.807, 2.05) is 38.1 Å². The van der Waals surface area contributed by atoms with Crippen LogP contribution in [0.1, 0.15) is 26.2 Å². The average molecular weight is 334 g/mol. The third kappa shape index (κ3) is 3.75. The lowest BCUT2D eigenvalue weighted by Gasteiger charge is -2.38. The second-order valence-electron chi connectivity index (χ2n) is 6.72. The highest BCUT2D eigenvalue weighted by Crippen LogP contribution is 2.35. The van der Waals surface area contributed by atoms with Gasteiger partial charge in [0, 0.05) is 25.2 Å². The number of carbonyl (C=O) groups is 1. The third-order valence-electron chi connectivity index (χ3n) is 4.49. The van der Waals surface area contributed by atoms with Gasteiger partial charge in [-0.1, -0.05) is 0 Å². The van der Waals surface area contributed by atoms with Gasteiger partial charge in [-0.2, -0.15) is 0 Å². The summed E-state index contributed by atoms with van der Waals surface area (Å²) in [6.07, 6.45) is 2.78. The summed E-state index contributed by atoms with van der Waals surface area (Å²) in [6, 6.07) is 5.67. The number of fused-ring (bicyclic) bond motifs is 1. The third-order valence-corrected chi connectivity index (χ3v) is 4.49. The Hall–Kier alpha value is -1.95. The summed E-state index contributed by atoms with van der Waals surface area (Å²) in [5, 5.41) is 0. The van der Waals surface area contributed by atoms with Crippen molar-refractivity contribution in [1.82, 2.24) is 9.80 Å². The Morgan fingerprint density at radius 1 is 1.33 bits per heavy atom. The predicted octanol–water partition coefficient (Wildman–Crippen LogP) is 2.13. The molecule has 0 unspecified atom stereocenters. The van der Waals surface area contributed by atoms with Crippen molar-refractivity contribution in [1.29, 1.82) is 0 Å². The molecule has 132 valence electrons. The zero-order valence-electron chi connectivity index (χ0n) is 14.7. The van der Waals surface area contributed by atoms with E-state index in [0.717, 1.165) is 25.9 Å². The Morgan fingerprint density at radius 3 is 2.92 bits per heavy atom. The van der Waals surface area contributed by atoms with Crippen molar-refractivity contribution in [2.75, 3.05) is 34.0 Å². The van der Waals surface area contributed by atoms with Gasteiger partial charge in [0.1, 0.15) is 5.75 Å². The van der Waals surface area contributed by atoms with E-state index in [0.29, 0.717) is 17.2 Å². The molecule has 2 atom stereocenters. The molecule has 1 amide bonds. The zero-order chi connectivity index (χ0) is 17.1. The number of carbonyl (C=O) groups excluding carboxylic acids is 1. The Balaban J connectivity index is 1.64. The average Bonchev–Trinajstić information content (AvgIpc) is 3.02. The van der Waals surface area contributed by atoms with Crippen molar-refractivity contribution >= 4 is 5.91 Å². The molecular weight excluding hydrogens is 308 g/mol. The van der Waals surface area contributed by atoms with Crippen LogP contribution in [0.15, 0.2) is 18.2 Å². The van der Waals surface area contributed by atoms with E-state index in [4.69, 9.17) is 14.2 Å². The molecule has 1 aromatic carbocycles. The number of nitrogens with zero attached hydrogens (tertiary/aromatic N) is 2. The molecule has 3 rings (SSSR count). The molecule has 6 nitrogen and oxygen atoms in total. The largest absolute Gasteiger partial charge is 0.481 e. The van der Waals surface area contributed by atoms with E-state index < -0.39 is 6.10 Å². The summed E-state index contributed by atoms with van der Waals surface area (Å²) >= 11 is 0. The van der Waals surface area contributed by atoms with E-state index in [1.165, 1.54) is 6.42 Å². The molecule has 2 heterocycles. The minimum Gasteiger partial charge on any atom is -0.481 e. The van der Waals surface area contributed by atoms with Gasteiger partial charge in [-0.15, -0.1) is 0 Å². The van der Waals surface area contributed by atoms with E-state index >= 15 is 0 Å². The number of likely N-dealkylation sites (tertiary alicyclic amines) is 1. The molecule has 0 aliphatic carbocycles. The number of ether oxygens (including phenoxy) is 3. The van der Waals surface area contributed by atoms with Crippen molar-refractivity contribution in [3.63, 3.8) is 0 Å². The topological polar surface area (TPSA) is 51.2 Å². The van der Waals surface area contributed by atoms with Crippen LogP contribution in [0, 0.1) is 0 Å². The fraction of sp³-hybridized carbons (Fsp3) is 0.611. The van der Waals surface area contributed by atoms with Gasteiger partial charge >= 0.3 is 0 Å². The smallest absolute Gasteiger partial charge is 0.263 e. The number of likely N-dealkylation sites (N-methyl/N-ethyl adjacent to an activating group) is 1. The van der Waals surface area contributed by atoms with Crippen LogP contribution in [0.4, 0.5) is 0 Å². The summed E-state index contributed by atoms with van der Waals surface area (Å²) in [5.41, 5.74) is 0. The first kappa shape index (κ1) is 16.9. The highest BCUT2D eigenvalue weighted by molar-refractivity contribution is 5.81. The lowest BCUT2D eigenvalue weighted by atomic mass is 10.0. The fourth-order valence-corrected chi connectivity index (χ4v) is 3.34. The van der Waals surface area contributed by atoms with Gasteiger partial charge < -0.3 is 24.0 Å². The van der Waals surface area contributed by atoms with Gasteiger partial charge in [-0.05, 0) is 52.4 Å². The molecule has 6 heteroatoms. The standard InChI is InChI=1S/C18H26N2O4/c1-13(24-15-7-8-16-17(10-15)23-12-22-16)18(21)20-9-5-4-6-14(20)11-19(2)3/h7-8,10,13-14H,4-6,9,11-12H2,1-3H3/t13-,14-/m1/s1. The maximum absolute atomic E-state index is 12.9. The summed E-state index contributed by atoms with van der Waals surface area (Å²) < 4.78 is 16.5. The Morgan fingerprint density at radius 2 is 2.12 bits per heavy atom. The van der Waals surface area contributed by atoms with Crippen molar-refractivity contribution in [3.05, 3.63) is 18.2 Å². The normalized spacial score (nSPS) is 21.0. The van der Waals surface area contributed by atoms with Gasteiger partial charge in [0.25, 0.3) is 5.91 Å². The molecule has 1 saturated heterocycles. The Labute approximate surface area is 143 Å². The summed E-state index contributed by atoms with van der Waals surface area (Å²) in [6.45, 7) is 3.75. The lowest BCUT2D eigenvalue weighted by molar-refractivity contribution is -0.142. The number of amides is 1. The van der Waals surface area contributed by atoms with Crippen LogP contribution in [-0.2, 0) is 4.79 Å². The molecule has 0 bridgehead atoms. The highest BCUT2D eigenvalue weighted by Gasteiger charge is 2.31. The van der Waals surface area contributed by atoms with Crippen molar-refractivity contribution in [2.45, 2.75) is 38.3 Å². The molecule has 24 heavy (non-hydrogen) atoms. The van der Waals surface area contributed by atoms with Crippen LogP contribution in [0.25, 0.3) is 0 Å². The van der Waals surface area contributed by atoms with Crippen molar-refractivity contribution < 1.29 is 19.0 Å². The van der Waals surface area contributed by atoms with Gasteiger partial charge in [-0.3, -0.25) is 4.79 Å². The van der Waals surface area contributed by atoms with Gasteiger partial charge in [0.05, 0.1) is 0 Å². The second-order valence-corrected chi connectivity index (χ2v) is 6.72. The number of rotatable bonds is 5. The predicted molar refractivity (Wildman–Crippen MR) is 90.6 cm³/mol. The number of benzene rings is 1. The summed E-state index contributed by atoms with van der Waals surface area (Å²) in [7, 11) is 4.09. The maximum Gasteiger partial charge on any atom is 0.263 e. The molecule has 0 radical (unpaired) electrons. The van der Waals surface area contributed by atoms with E-state index in [9.17, 15) is 4.79 Å². The van der Waals surface area contributed by atoms with Crippen LogP contribution in [0.5, 0.6) is 17.2 Å². The molecule has 2 aliphatic heterocycles. The first-order valence-electron chi connectivity index (χ1n) is 8.56. The first-order chi connectivity index (χ1) is 11.5. The van der Waals surface area contributed by atoms with Crippen LogP contribution >= 0.6 is 0 Å². The van der Waals surface area contributed by atoms with Gasteiger partial charge in [0.15, 0.2) is 17.6 Å². The second kappa shape index (κ2) is 7.30.